The number of Topliss-reactive ketones (excluding diaryl/α,β-unsaturated/α-hetero) is 1. The molecule has 0 atom stereocenters. The second-order valence-corrected chi connectivity index (χ2v) is 6.54. The van der Waals surface area contributed by atoms with Crippen molar-refractivity contribution in [1.29, 1.82) is 0 Å². The number of rotatable bonds is 5. The molecule has 2 aromatic rings. The van der Waals surface area contributed by atoms with Crippen molar-refractivity contribution in [2.45, 2.75) is 20.8 Å². The smallest absolute Gasteiger partial charge is 0.341 e. The van der Waals surface area contributed by atoms with E-state index in [9.17, 15) is 18.8 Å². The Morgan fingerprint density at radius 1 is 1.32 bits per heavy atom. The maximum atomic E-state index is 13.1. The molecule has 8 heteroatoms. The van der Waals surface area contributed by atoms with Gasteiger partial charge in [0.15, 0.2) is 5.78 Å². The number of benzene rings is 1. The number of halogens is 2. The largest absolute Gasteiger partial charge is 0.462 e. The first-order valence-electron chi connectivity index (χ1n) is 7.34. The van der Waals surface area contributed by atoms with Gasteiger partial charge in [-0.3, -0.25) is 9.59 Å². The zero-order valence-corrected chi connectivity index (χ0v) is 15.3. The highest BCUT2D eigenvalue weighted by Gasteiger charge is 2.26. The fourth-order valence-corrected chi connectivity index (χ4v) is 3.57. The summed E-state index contributed by atoms with van der Waals surface area (Å²) in [7, 11) is 0. The Bertz CT molecular complexity index is 863. The molecule has 0 bridgehead atoms. The number of hydrogen-bond acceptors (Lipinski definition) is 5. The zero-order valence-electron chi connectivity index (χ0n) is 13.7. The zero-order chi connectivity index (χ0) is 18.7. The molecule has 132 valence electrons. The summed E-state index contributed by atoms with van der Waals surface area (Å²) in [5.41, 5.74) is 0.619. The van der Waals surface area contributed by atoms with Crippen LogP contribution in [-0.4, -0.2) is 24.3 Å². The van der Waals surface area contributed by atoms with E-state index >= 15 is 0 Å². The molecule has 1 N–H and O–H groups in total. The van der Waals surface area contributed by atoms with E-state index in [1.165, 1.54) is 13.0 Å². The van der Waals surface area contributed by atoms with Gasteiger partial charge < -0.3 is 10.1 Å². The third-order valence-corrected chi connectivity index (χ3v) is 4.97. The first-order valence-corrected chi connectivity index (χ1v) is 8.53. The van der Waals surface area contributed by atoms with Crippen LogP contribution in [-0.2, 0) is 4.74 Å². The highest BCUT2D eigenvalue weighted by Crippen LogP contribution is 2.34. The monoisotopic (exact) mass is 383 g/mol. The Balaban J connectivity index is 2.44. The van der Waals surface area contributed by atoms with Gasteiger partial charge in [0.2, 0.25) is 0 Å². The quantitative estimate of drug-likeness (QED) is 0.610. The van der Waals surface area contributed by atoms with E-state index in [-0.39, 0.29) is 33.5 Å². The van der Waals surface area contributed by atoms with Gasteiger partial charge in [0.25, 0.3) is 5.91 Å². The van der Waals surface area contributed by atoms with Gasteiger partial charge >= 0.3 is 5.97 Å². The Hall–Kier alpha value is -2.25. The molecule has 0 spiro atoms. The van der Waals surface area contributed by atoms with Crippen LogP contribution in [0.15, 0.2) is 18.2 Å². The lowest BCUT2D eigenvalue weighted by molar-refractivity contribution is 0.0527. The maximum Gasteiger partial charge on any atom is 0.341 e. The number of nitrogens with one attached hydrogen (secondary N) is 1. The summed E-state index contributed by atoms with van der Waals surface area (Å²) in [4.78, 5) is 36.7. The van der Waals surface area contributed by atoms with E-state index in [2.05, 4.69) is 5.32 Å². The average Bonchev–Trinajstić information content (AvgIpc) is 2.83. The minimum Gasteiger partial charge on any atom is -0.462 e. The van der Waals surface area contributed by atoms with Gasteiger partial charge in [0.05, 0.1) is 27.6 Å². The summed E-state index contributed by atoms with van der Waals surface area (Å²) in [6.07, 6.45) is 0. The van der Waals surface area contributed by atoms with Crippen molar-refractivity contribution in [3.63, 3.8) is 0 Å². The molecule has 0 saturated heterocycles. The summed E-state index contributed by atoms with van der Waals surface area (Å²) in [5, 5.41) is 2.69. The lowest BCUT2D eigenvalue weighted by Crippen LogP contribution is -2.15. The van der Waals surface area contributed by atoms with Crippen LogP contribution in [0.25, 0.3) is 0 Å². The first kappa shape index (κ1) is 19.1. The van der Waals surface area contributed by atoms with E-state index in [0.29, 0.717) is 10.4 Å². The number of thiophene rings is 1. The van der Waals surface area contributed by atoms with Gasteiger partial charge in [0.1, 0.15) is 10.8 Å². The minimum absolute atomic E-state index is 0.0494. The number of ether oxygens (including phenoxy) is 1. The molecular formula is C17H15ClFNO4S. The predicted octanol–water partition coefficient (Wildman–Crippen LogP) is 4.48. The predicted molar refractivity (Wildman–Crippen MR) is 94.4 cm³/mol. The number of carbonyl (C=O) groups excluding carboxylic acids is 3. The van der Waals surface area contributed by atoms with E-state index in [4.69, 9.17) is 16.3 Å². The molecule has 2 rings (SSSR count). The topological polar surface area (TPSA) is 72.5 Å². The van der Waals surface area contributed by atoms with E-state index in [1.807, 2.05) is 0 Å². The van der Waals surface area contributed by atoms with Gasteiger partial charge in [-0.15, -0.1) is 11.3 Å². The SMILES string of the molecule is CCOC(=O)c1c(NC(=O)c2ccc(F)cc2Cl)sc(C(C)=O)c1C. The van der Waals surface area contributed by atoms with Crippen LogP contribution >= 0.6 is 22.9 Å². The second kappa shape index (κ2) is 7.76. The second-order valence-electron chi connectivity index (χ2n) is 5.12. The fourth-order valence-electron chi connectivity index (χ4n) is 2.23. The Labute approximate surface area is 152 Å². The average molecular weight is 384 g/mol. The molecule has 0 aliphatic rings. The number of amides is 1. The molecule has 1 amide bonds. The molecule has 0 aliphatic carbocycles. The van der Waals surface area contributed by atoms with E-state index < -0.39 is 17.7 Å². The van der Waals surface area contributed by atoms with Crippen molar-refractivity contribution >= 4 is 45.6 Å². The minimum atomic E-state index is -0.635. The van der Waals surface area contributed by atoms with Crippen molar-refractivity contribution < 1.29 is 23.5 Å². The van der Waals surface area contributed by atoms with Gasteiger partial charge in [-0.1, -0.05) is 11.6 Å². The molecule has 0 radical (unpaired) electrons. The Morgan fingerprint density at radius 2 is 2.00 bits per heavy atom. The van der Waals surface area contributed by atoms with Crippen LogP contribution in [0.3, 0.4) is 0 Å². The fraction of sp³-hybridized carbons (Fsp3) is 0.235. The molecule has 5 nitrogen and oxygen atoms in total. The third kappa shape index (κ3) is 4.05. The molecule has 1 heterocycles. The highest BCUT2D eigenvalue weighted by atomic mass is 35.5. The lowest BCUT2D eigenvalue weighted by atomic mass is 10.1. The summed E-state index contributed by atoms with van der Waals surface area (Å²) in [6, 6.07) is 3.36. The Morgan fingerprint density at radius 3 is 2.56 bits per heavy atom. The summed E-state index contributed by atoms with van der Waals surface area (Å²) in [6.45, 7) is 4.79. The number of carbonyl (C=O) groups is 3. The standard InChI is InChI=1S/C17H15ClFNO4S/c1-4-24-17(23)13-8(2)14(9(3)21)25-16(13)20-15(22)11-6-5-10(19)7-12(11)18/h5-7H,4H2,1-3H3,(H,20,22). The Kier molecular flexibility index (Phi) is 5.92. The summed E-state index contributed by atoms with van der Waals surface area (Å²) in [5.74, 6) is -2.05. The van der Waals surface area contributed by atoms with Crippen molar-refractivity contribution in [3.8, 4) is 0 Å². The lowest BCUT2D eigenvalue weighted by Gasteiger charge is -2.08. The van der Waals surface area contributed by atoms with E-state index in [1.54, 1.807) is 13.8 Å². The number of anilines is 1. The molecule has 0 unspecified atom stereocenters. The number of hydrogen-bond donors (Lipinski definition) is 1. The molecule has 1 aromatic carbocycles. The summed E-state index contributed by atoms with van der Waals surface area (Å²) >= 11 is 6.87. The normalized spacial score (nSPS) is 10.4. The molecule has 0 aliphatic heterocycles. The van der Waals surface area contributed by atoms with Crippen LogP contribution < -0.4 is 5.32 Å². The van der Waals surface area contributed by atoms with Crippen LogP contribution in [0.5, 0.6) is 0 Å². The van der Waals surface area contributed by atoms with Crippen molar-refractivity contribution in [1.82, 2.24) is 0 Å². The van der Waals surface area contributed by atoms with Crippen molar-refractivity contribution in [3.05, 3.63) is 50.6 Å². The van der Waals surface area contributed by atoms with Gasteiger partial charge in [-0.05, 0) is 44.5 Å². The number of ketones is 1. The van der Waals surface area contributed by atoms with Crippen molar-refractivity contribution in [2.75, 3.05) is 11.9 Å². The molecule has 0 fully saturated rings. The van der Waals surface area contributed by atoms with Crippen LogP contribution in [0.4, 0.5) is 9.39 Å². The van der Waals surface area contributed by atoms with E-state index in [0.717, 1.165) is 23.5 Å². The van der Waals surface area contributed by atoms with Crippen LogP contribution in [0.2, 0.25) is 5.02 Å². The van der Waals surface area contributed by atoms with Crippen LogP contribution in [0.1, 0.15) is 49.8 Å². The molecular weight excluding hydrogens is 369 g/mol. The maximum absolute atomic E-state index is 13.1. The van der Waals surface area contributed by atoms with Gasteiger partial charge in [-0.2, -0.15) is 0 Å². The third-order valence-electron chi connectivity index (χ3n) is 3.35. The van der Waals surface area contributed by atoms with Gasteiger partial charge in [-0.25, -0.2) is 9.18 Å². The molecule has 0 saturated carbocycles. The number of esters is 1. The summed E-state index contributed by atoms with van der Waals surface area (Å²) < 4.78 is 18.1. The highest BCUT2D eigenvalue weighted by molar-refractivity contribution is 7.18. The molecule has 25 heavy (non-hydrogen) atoms. The molecule has 1 aromatic heterocycles. The van der Waals surface area contributed by atoms with Crippen LogP contribution in [0, 0.1) is 12.7 Å². The van der Waals surface area contributed by atoms with Crippen molar-refractivity contribution in [2.24, 2.45) is 0 Å². The first-order chi connectivity index (χ1) is 11.8. The van der Waals surface area contributed by atoms with Gasteiger partial charge in [0, 0.05) is 0 Å².